The zero-order valence-corrected chi connectivity index (χ0v) is 20.3. The molecule has 13 heteroatoms. The van der Waals surface area contributed by atoms with E-state index in [0.29, 0.717) is 6.07 Å². The van der Waals surface area contributed by atoms with Crippen molar-refractivity contribution < 1.29 is 14.8 Å². The summed E-state index contributed by atoms with van der Waals surface area (Å²) in [6.07, 6.45) is 2.52. The molecule has 0 amide bonds. The van der Waals surface area contributed by atoms with Gasteiger partial charge in [0.05, 0.1) is 40.9 Å². The van der Waals surface area contributed by atoms with Gasteiger partial charge in [0.15, 0.2) is 0 Å². The summed E-state index contributed by atoms with van der Waals surface area (Å²) in [7, 11) is 0. The summed E-state index contributed by atoms with van der Waals surface area (Å²) in [4.78, 5) is 33.6. The highest BCUT2D eigenvalue weighted by atomic mass is 35.5. The number of nitrogens with zero attached hydrogens (tertiary/aromatic N) is 3. The van der Waals surface area contributed by atoms with Crippen LogP contribution in [-0.4, -0.2) is 14.8 Å². The number of rotatable bonds is 7. The second kappa shape index (κ2) is 10.0. The molecule has 0 aliphatic rings. The summed E-state index contributed by atoms with van der Waals surface area (Å²) in [5.41, 5.74) is -4.22. The van der Waals surface area contributed by atoms with Crippen molar-refractivity contribution in [1.29, 1.82) is 0 Å². The number of nitro benzene ring substituents is 3. The van der Waals surface area contributed by atoms with Crippen molar-refractivity contribution in [2.45, 2.75) is 0 Å². The monoisotopic (exact) mass is 553 g/mol. The van der Waals surface area contributed by atoms with Crippen LogP contribution in [0.15, 0.2) is 43.5 Å². The third-order valence-corrected chi connectivity index (χ3v) is 6.64. The highest BCUT2D eigenvalue weighted by Gasteiger charge is 2.41. The van der Waals surface area contributed by atoms with E-state index in [4.69, 9.17) is 46.4 Å². The first kappa shape index (κ1) is 26.1. The van der Waals surface area contributed by atoms with Crippen LogP contribution in [0.1, 0.15) is 11.1 Å². The van der Waals surface area contributed by atoms with E-state index in [1.54, 1.807) is 0 Å². The van der Waals surface area contributed by atoms with Crippen LogP contribution >= 0.6 is 46.4 Å². The summed E-state index contributed by atoms with van der Waals surface area (Å²) in [5, 5.41) is 35.9. The first-order valence-electron chi connectivity index (χ1n) is 9.31. The number of hydrogen-bond acceptors (Lipinski definition) is 6. The van der Waals surface area contributed by atoms with Gasteiger partial charge in [0.2, 0.25) is 0 Å². The van der Waals surface area contributed by atoms with Crippen molar-refractivity contribution in [3.8, 4) is 22.3 Å². The van der Waals surface area contributed by atoms with Gasteiger partial charge in [-0.15, -0.1) is 0 Å². The van der Waals surface area contributed by atoms with Gasteiger partial charge < -0.3 is 0 Å². The van der Waals surface area contributed by atoms with E-state index in [-0.39, 0.29) is 42.3 Å². The molecule has 0 heterocycles. The molecule has 0 radical (unpaired) electrons. The fraction of sp³-hybridized carbons (Fsp3) is 0. The van der Waals surface area contributed by atoms with Crippen molar-refractivity contribution in [2.75, 3.05) is 0 Å². The number of benzene rings is 3. The molecule has 3 aromatic carbocycles. The molecule has 3 rings (SSSR count). The summed E-state index contributed by atoms with van der Waals surface area (Å²) in [6, 6.07) is 6.14. The predicted molar refractivity (Wildman–Crippen MR) is 137 cm³/mol. The van der Waals surface area contributed by atoms with E-state index >= 15 is 0 Å². The first-order chi connectivity index (χ1) is 16.5. The first-order valence-corrected chi connectivity index (χ1v) is 10.8. The minimum Gasteiger partial charge on any atom is -0.258 e. The van der Waals surface area contributed by atoms with Crippen LogP contribution in [0.2, 0.25) is 20.1 Å². The molecule has 0 spiro atoms. The molecule has 3 aromatic rings. The summed E-state index contributed by atoms with van der Waals surface area (Å²) in [5.74, 6) is 0. The molecule has 0 N–H and O–H groups in total. The van der Waals surface area contributed by atoms with E-state index in [2.05, 4.69) is 13.2 Å². The molecule has 9 nitrogen and oxygen atoms in total. The SMILES string of the molecule is C=Cc1ccc(Cl)c(Cl)c1-c1c([N+](=O)[O-])cc([N+](=O)[O-])c(-c2c(C=C)ccc(Cl)c2Cl)c1[N+](=O)[O-]. The Morgan fingerprint density at radius 1 is 0.629 bits per heavy atom. The molecule has 0 bridgehead atoms. The normalized spacial score (nSPS) is 10.6. The number of halogens is 4. The minimum absolute atomic E-state index is 0.0664. The summed E-state index contributed by atoms with van der Waals surface area (Å²) < 4.78 is 0. The molecule has 0 aromatic heterocycles. The molecule has 0 fully saturated rings. The predicted octanol–water partition coefficient (Wildman–Crippen LogP) is 8.64. The fourth-order valence-corrected chi connectivity index (χ4v) is 4.43. The lowest BCUT2D eigenvalue weighted by molar-refractivity contribution is -0.401. The number of hydrogen-bond donors (Lipinski definition) is 0. The molecule has 178 valence electrons. The molecule has 0 atom stereocenters. The van der Waals surface area contributed by atoms with Crippen LogP contribution in [0, 0.1) is 30.3 Å². The Morgan fingerprint density at radius 3 is 1.29 bits per heavy atom. The standard InChI is InChI=1S/C22H11Cl4N3O6/c1-3-10-5-7-12(23)20(25)16(10)18-14(27(30)31)9-15(28(32)33)19(22(18)29(34)35)17-11(4-2)6-8-13(24)21(17)26/h3-9H,1-2H2. The van der Waals surface area contributed by atoms with Gasteiger partial charge in [-0.2, -0.15) is 0 Å². The van der Waals surface area contributed by atoms with Gasteiger partial charge in [0.1, 0.15) is 11.1 Å². The lowest BCUT2D eigenvalue weighted by Gasteiger charge is -2.16. The van der Waals surface area contributed by atoms with Crippen LogP contribution in [0.3, 0.4) is 0 Å². The highest BCUT2D eigenvalue weighted by Crippen LogP contribution is 2.54. The maximum Gasteiger partial charge on any atom is 0.299 e. The van der Waals surface area contributed by atoms with Gasteiger partial charge in [0.25, 0.3) is 17.1 Å². The Hall–Kier alpha value is -3.50. The zero-order valence-electron chi connectivity index (χ0n) is 17.3. The molecule has 0 saturated heterocycles. The average Bonchev–Trinajstić information content (AvgIpc) is 2.80. The van der Waals surface area contributed by atoms with Crippen molar-refractivity contribution in [3.63, 3.8) is 0 Å². The minimum atomic E-state index is -0.995. The Morgan fingerprint density at radius 2 is 1.00 bits per heavy atom. The van der Waals surface area contributed by atoms with E-state index in [0.717, 1.165) is 0 Å². The molecule has 0 unspecified atom stereocenters. The van der Waals surface area contributed by atoms with E-state index in [1.165, 1.54) is 36.4 Å². The Kier molecular flexibility index (Phi) is 7.47. The fourth-order valence-electron chi connectivity index (χ4n) is 3.58. The second-order valence-electron chi connectivity index (χ2n) is 6.84. The van der Waals surface area contributed by atoms with Gasteiger partial charge in [-0.25, -0.2) is 0 Å². The smallest absolute Gasteiger partial charge is 0.258 e. The third-order valence-electron chi connectivity index (χ3n) is 5.03. The summed E-state index contributed by atoms with van der Waals surface area (Å²) in [6.45, 7) is 7.23. The van der Waals surface area contributed by atoms with Crippen molar-refractivity contribution in [3.05, 3.63) is 105 Å². The lowest BCUT2D eigenvalue weighted by atomic mass is 9.89. The van der Waals surface area contributed by atoms with Crippen LogP contribution in [0.5, 0.6) is 0 Å². The third kappa shape index (κ3) is 4.46. The van der Waals surface area contributed by atoms with Crippen molar-refractivity contribution in [1.82, 2.24) is 0 Å². The van der Waals surface area contributed by atoms with E-state index in [1.807, 2.05) is 0 Å². The Labute approximate surface area is 217 Å². The van der Waals surface area contributed by atoms with Crippen LogP contribution in [0.25, 0.3) is 34.4 Å². The van der Waals surface area contributed by atoms with Gasteiger partial charge in [-0.05, 0) is 23.3 Å². The Balaban J connectivity index is 2.78. The van der Waals surface area contributed by atoms with Crippen LogP contribution < -0.4 is 0 Å². The molecule has 35 heavy (non-hydrogen) atoms. The maximum atomic E-state index is 12.5. The van der Waals surface area contributed by atoms with Crippen molar-refractivity contribution in [2.24, 2.45) is 0 Å². The van der Waals surface area contributed by atoms with Gasteiger partial charge in [0, 0.05) is 11.1 Å². The largest absolute Gasteiger partial charge is 0.299 e. The molecular weight excluding hydrogens is 544 g/mol. The van der Waals surface area contributed by atoms with Crippen molar-refractivity contribution >= 4 is 75.6 Å². The van der Waals surface area contributed by atoms with E-state index in [9.17, 15) is 30.3 Å². The number of nitro groups is 3. The van der Waals surface area contributed by atoms with E-state index < -0.39 is 43.0 Å². The zero-order chi connectivity index (χ0) is 26.2. The van der Waals surface area contributed by atoms with Crippen LogP contribution in [0.4, 0.5) is 17.1 Å². The average molecular weight is 555 g/mol. The van der Waals surface area contributed by atoms with Gasteiger partial charge in [-0.1, -0.05) is 83.8 Å². The van der Waals surface area contributed by atoms with Crippen LogP contribution in [-0.2, 0) is 0 Å². The van der Waals surface area contributed by atoms with Gasteiger partial charge in [-0.3, -0.25) is 30.3 Å². The molecule has 0 aliphatic heterocycles. The Bertz CT molecular complexity index is 1370. The lowest BCUT2D eigenvalue weighted by Crippen LogP contribution is -2.06. The topological polar surface area (TPSA) is 129 Å². The molecule has 0 saturated carbocycles. The maximum absolute atomic E-state index is 12.5. The summed E-state index contributed by atoms with van der Waals surface area (Å²) >= 11 is 25.0. The van der Waals surface area contributed by atoms with Gasteiger partial charge >= 0.3 is 0 Å². The quantitative estimate of drug-likeness (QED) is 0.212. The second-order valence-corrected chi connectivity index (χ2v) is 8.41. The molecular formula is C22H11Cl4N3O6. The molecule has 0 aliphatic carbocycles. The highest BCUT2D eigenvalue weighted by molar-refractivity contribution is 6.45.